The average molecular weight is 526 g/mol. The molecule has 1 N–H and O–H groups in total. The normalized spacial score (nSPS) is 14.4. The summed E-state index contributed by atoms with van der Waals surface area (Å²) in [5.41, 5.74) is 2.87. The molecule has 0 unspecified atom stereocenters. The minimum absolute atomic E-state index is 0.0757. The van der Waals surface area contributed by atoms with Crippen molar-refractivity contribution in [3.8, 4) is 16.9 Å². The molecular weight excluding hydrogens is 491 g/mol. The Hall–Kier alpha value is -3.52. The van der Waals surface area contributed by atoms with Gasteiger partial charge in [-0.25, -0.2) is 0 Å². The van der Waals surface area contributed by atoms with Gasteiger partial charge in [0, 0.05) is 50.5 Å². The van der Waals surface area contributed by atoms with E-state index in [1.807, 2.05) is 44.2 Å². The molecule has 3 aromatic rings. The lowest BCUT2D eigenvalue weighted by Crippen LogP contribution is -2.46. The highest BCUT2D eigenvalue weighted by atomic mass is 19.4. The molecule has 4 rings (SSSR count). The number of benzene rings is 3. The van der Waals surface area contributed by atoms with Gasteiger partial charge >= 0.3 is 6.18 Å². The van der Waals surface area contributed by atoms with Gasteiger partial charge in [0.05, 0.1) is 12.2 Å². The number of anilines is 1. The Bertz CT molecular complexity index is 1220. The summed E-state index contributed by atoms with van der Waals surface area (Å²) in [5.74, 6) is 0.558. The zero-order valence-corrected chi connectivity index (χ0v) is 21.9. The van der Waals surface area contributed by atoms with Crippen LogP contribution in [-0.4, -0.2) is 50.1 Å². The Morgan fingerprint density at radius 1 is 0.921 bits per heavy atom. The standard InChI is InChI=1S/C30H34F3N3O2/c1-3-12-34-29(37)23-8-10-27(11-9-23)36-15-13-35(14-16-36)21-22-17-25(19-26(18-22)30(31,32)33)24-6-5-7-28(20-24)38-4-2/h5-11,17-20H,3-4,12-16,21H2,1-2H3,(H,34,37). The lowest BCUT2D eigenvalue weighted by molar-refractivity contribution is -0.137. The SMILES string of the molecule is CCCNC(=O)c1ccc(N2CCN(Cc3cc(-c4cccc(OCC)c4)cc(C(F)(F)F)c3)CC2)cc1. The van der Waals surface area contributed by atoms with Crippen molar-refractivity contribution < 1.29 is 22.7 Å². The fourth-order valence-electron chi connectivity index (χ4n) is 4.63. The van der Waals surface area contributed by atoms with Crippen LogP contribution in [0.25, 0.3) is 11.1 Å². The van der Waals surface area contributed by atoms with Crippen LogP contribution < -0.4 is 15.0 Å². The molecule has 0 radical (unpaired) electrons. The molecule has 8 heteroatoms. The van der Waals surface area contributed by atoms with Gasteiger partial charge < -0.3 is 15.0 Å². The number of rotatable bonds is 9. The summed E-state index contributed by atoms with van der Waals surface area (Å²) in [7, 11) is 0. The van der Waals surface area contributed by atoms with E-state index in [0.717, 1.165) is 38.3 Å². The quantitative estimate of drug-likeness (QED) is 0.360. The number of piperazine rings is 1. The van der Waals surface area contributed by atoms with E-state index in [1.54, 1.807) is 24.3 Å². The van der Waals surface area contributed by atoms with Crippen molar-refractivity contribution >= 4 is 11.6 Å². The van der Waals surface area contributed by atoms with Crippen molar-refractivity contribution in [3.63, 3.8) is 0 Å². The predicted molar refractivity (Wildman–Crippen MR) is 145 cm³/mol. The van der Waals surface area contributed by atoms with Gasteiger partial charge in [-0.15, -0.1) is 0 Å². The van der Waals surface area contributed by atoms with Gasteiger partial charge in [0.25, 0.3) is 5.91 Å². The topological polar surface area (TPSA) is 44.8 Å². The van der Waals surface area contributed by atoms with Crippen LogP contribution in [-0.2, 0) is 12.7 Å². The molecule has 38 heavy (non-hydrogen) atoms. The van der Waals surface area contributed by atoms with E-state index in [0.29, 0.717) is 47.7 Å². The number of alkyl halides is 3. The smallest absolute Gasteiger partial charge is 0.416 e. The second kappa shape index (κ2) is 12.3. The van der Waals surface area contributed by atoms with E-state index < -0.39 is 11.7 Å². The first-order chi connectivity index (χ1) is 18.3. The molecule has 1 heterocycles. The fourth-order valence-corrected chi connectivity index (χ4v) is 4.63. The second-order valence-electron chi connectivity index (χ2n) is 9.44. The highest BCUT2D eigenvalue weighted by Gasteiger charge is 2.31. The Labute approximate surface area is 222 Å². The molecule has 1 amide bonds. The third kappa shape index (κ3) is 7.07. The van der Waals surface area contributed by atoms with Crippen LogP contribution in [0.1, 0.15) is 41.8 Å². The Morgan fingerprint density at radius 2 is 1.66 bits per heavy atom. The Kier molecular flexibility index (Phi) is 8.94. The number of nitrogens with one attached hydrogen (secondary N) is 1. The first kappa shape index (κ1) is 27.5. The maximum Gasteiger partial charge on any atom is 0.416 e. The molecule has 202 valence electrons. The minimum Gasteiger partial charge on any atom is -0.494 e. The Balaban J connectivity index is 1.44. The highest BCUT2D eigenvalue weighted by molar-refractivity contribution is 5.94. The van der Waals surface area contributed by atoms with Crippen LogP contribution in [0.4, 0.5) is 18.9 Å². The van der Waals surface area contributed by atoms with Gasteiger partial charge in [0.2, 0.25) is 0 Å². The van der Waals surface area contributed by atoms with Crippen LogP contribution in [0.15, 0.2) is 66.7 Å². The first-order valence-electron chi connectivity index (χ1n) is 13.1. The second-order valence-corrected chi connectivity index (χ2v) is 9.44. The molecule has 0 saturated carbocycles. The summed E-state index contributed by atoms with van der Waals surface area (Å²) in [6, 6.07) is 19.0. The van der Waals surface area contributed by atoms with Crippen LogP contribution in [0.2, 0.25) is 0 Å². The van der Waals surface area contributed by atoms with Crippen molar-refractivity contribution in [3.05, 3.63) is 83.4 Å². The van der Waals surface area contributed by atoms with Gasteiger partial charge in [0.15, 0.2) is 0 Å². The van der Waals surface area contributed by atoms with E-state index in [9.17, 15) is 18.0 Å². The van der Waals surface area contributed by atoms with Crippen LogP contribution >= 0.6 is 0 Å². The maximum absolute atomic E-state index is 13.8. The third-order valence-electron chi connectivity index (χ3n) is 6.61. The van der Waals surface area contributed by atoms with Gasteiger partial charge in [-0.05, 0) is 84.6 Å². The number of carbonyl (C=O) groups is 1. The molecule has 0 aliphatic carbocycles. The van der Waals surface area contributed by atoms with Crippen LogP contribution in [0.3, 0.4) is 0 Å². The molecule has 0 bridgehead atoms. The van der Waals surface area contributed by atoms with Crippen LogP contribution in [0, 0.1) is 0 Å². The molecule has 3 aromatic carbocycles. The lowest BCUT2D eigenvalue weighted by Gasteiger charge is -2.36. The monoisotopic (exact) mass is 525 g/mol. The molecule has 1 aliphatic heterocycles. The third-order valence-corrected chi connectivity index (χ3v) is 6.61. The first-order valence-corrected chi connectivity index (χ1v) is 13.1. The van der Waals surface area contributed by atoms with E-state index >= 15 is 0 Å². The van der Waals surface area contributed by atoms with Crippen molar-refractivity contribution in [2.75, 3.05) is 44.2 Å². The van der Waals surface area contributed by atoms with Gasteiger partial charge in [-0.1, -0.05) is 19.1 Å². The van der Waals surface area contributed by atoms with Gasteiger partial charge in [-0.2, -0.15) is 13.2 Å². The summed E-state index contributed by atoms with van der Waals surface area (Å²) in [4.78, 5) is 16.6. The number of hydrogen-bond donors (Lipinski definition) is 1. The molecule has 1 fully saturated rings. The molecule has 1 aliphatic rings. The number of nitrogens with zero attached hydrogens (tertiary/aromatic N) is 2. The van der Waals surface area contributed by atoms with E-state index in [1.165, 1.54) is 12.1 Å². The summed E-state index contributed by atoms with van der Waals surface area (Å²) >= 11 is 0. The molecule has 1 saturated heterocycles. The molecule has 0 aromatic heterocycles. The number of hydrogen-bond acceptors (Lipinski definition) is 4. The molecular formula is C30H34F3N3O2. The number of ether oxygens (including phenoxy) is 1. The predicted octanol–water partition coefficient (Wildman–Crippen LogP) is 6.23. The maximum atomic E-state index is 13.8. The van der Waals surface area contributed by atoms with E-state index in [-0.39, 0.29) is 5.91 Å². The summed E-state index contributed by atoms with van der Waals surface area (Å²) < 4.78 is 46.8. The largest absolute Gasteiger partial charge is 0.494 e. The summed E-state index contributed by atoms with van der Waals surface area (Å²) in [6.07, 6.45) is -3.54. The molecule has 0 atom stereocenters. The van der Waals surface area contributed by atoms with Gasteiger partial charge in [-0.3, -0.25) is 9.69 Å². The van der Waals surface area contributed by atoms with Crippen LogP contribution in [0.5, 0.6) is 5.75 Å². The zero-order chi connectivity index (χ0) is 27.1. The minimum atomic E-state index is -4.43. The average Bonchev–Trinajstić information content (AvgIpc) is 2.92. The number of amides is 1. The molecule has 5 nitrogen and oxygen atoms in total. The fraction of sp³-hybridized carbons (Fsp3) is 0.367. The van der Waals surface area contributed by atoms with Crippen molar-refractivity contribution in [1.29, 1.82) is 0 Å². The van der Waals surface area contributed by atoms with Crippen molar-refractivity contribution in [1.82, 2.24) is 10.2 Å². The van der Waals surface area contributed by atoms with Crippen molar-refractivity contribution in [2.45, 2.75) is 33.0 Å². The van der Waals surface area contributed by atoms with E-state index in [2.05, 4.69) is 15.1 Å². The summed E-state index contributed by atoms with van der Waals surface area (Å²) in [6.45, 7) is 8.42. The number of carbonyl (C=O) groups excluding carboxylic acids is 1. The van der Waals surface area contributed by atoms with Crippen molar-refractivity contribution in [2.24, 2.45) is 0 Å². The zero-order valence-electron chi connectivity index (χ0n) is 21.9. The number of halogens is 3. The molecule has 0 spiro atoms. The summed E-state index contributed by atoms with van der Waals surface area (Å²) in [5, 5.41) is 2.88. The van der Waals surface area contributed by atoms with Gasteiger partial charge in [0.1, 0.15) is 5.75 Å². The lowest BCUT2D eigenvalue weighted by atomic mass is 9.98. The van der Waals surface area contributed by atoms with E-state index in [4.69, 9.17) is 4.74 Å². The highest BCUT2D eigenvalue weighted by Crippen LogP contribution is 2.35. The Morgan fingerprint density at radius 3 is 2.32 bits per heavy atom.